The molecule has 0 radical (unpaired) electrons. The number of nitrogens with one attached hydrogen (secondary N) is 1. The van der Waals surface area contributed by atoms with Crippen molar-refractivity contribution in [2.75, 3.05) is 5.32 Å². The first-order valence-corrected chi connectivity index (χ1v) is 7.84. The smallest absolute Gasteiger partial charge is 0.0500 e. The Labute approximate surface area is 131 Å². The average Bonchev–Trinajstić information content (AvgIpc) is 2.36. The molecule has 2 aromatic carbocycles. The van der Waals surface area contributed by atoms with Crippen molar-refractivity contribution in [3.8, 4) is 0 Å². The van der Waals surface area contributed by atoms with Crippen molar-refractivity contribution in [1.82, 2.24) is 0 Å². The molecule has 100 valence electrons. The summed E-state index contributed by atoms with van der Waals surface area (Å²) < 4.78 is 2.15. The third kappa shape index (κ3) is 3.61. The summed E-state index contributed by atoms with van der Waals surface area (Å²) in [5.74, 6) is 0. The van der Waals surface area contributed by atoms with Gasteiger partial charge in [-0.3, -0.25) is 0 Å². The van der Waals surface area contributed by atoms with E-state index in [-0.39, 0.29) is 6.04 Å². The lowest BCUT2D eigenvalue weighted by atomic mass is 10.00. The van der Waals surface area contributed by atoms with Crippen LogP contribution in [0.3, 0.4) is 0 Å². The molecule has 0 aliphatic carbocycles. The number of anilines is 1. The largest absolute Gasteiger partial charge is 0.378 e. The summed E-state index contributed by atoms with van der Waals surface area (Å²) in [6.07, 6.45) is 0. The van der Waals surface area contributed by atoms with Crippen LogP contribution in [0.4, 0.5) is 5.69 Å². The highest BCUT2D eigenvalue weighted by atomic mass is 79.9. The van der Waals surface area contributed by atoms with Gasteiger partial charge in [0.1, 0.15) is 0 Å². The molecule has 2 aromatic rings. The summed E-state index contributed by atoms with van der Waals surface area (Å²) in [5, 5.41) is 3.56. The molecule has 0 fully saturated rings. The molecule has 0 saturated carbocycles. The summed E-state index contributed by atoms with van der Waals surface area (Å²) in [5.41, 5.74) is 5.05. The van der Waals surface area contributed by atoms with Gasteiger partial charge in [-0.25, -0.2) is 0 Å². The number of rotatable bonds is 3. The monoisotopic (exact) mass is 381 g/mol. The lowest BCUT2D eigenvalue weighted by Gasteiger charge is -2.19. The molecule has 1 unspecified atom stereocenters. The Bertz CT molecular complexity index is 593. The SMILES string of the molecule is Cc1ccc(C)c(C(C)Nc2cc(Br)ccc2Br)c1. The predicted octanol–water partition coefficient (Wildman–Crippen LogP) is 6.00. The minimum atomic E-state index is 0.269. The van der Waals surface area contributed by atoms with E-state index in [1.54, 1.807) is 0 Å². The molecule has 0 heterocycles. The topological polar surface area (TPSA) is 12.0 Å². The zero-order valence-corrected chi connectivity index (χ0v) is 14.5. The molecular weight excluding hydrogens is 366 g/mol. The van der Waals surface area contributed by atoms with Gasteiger partial charge in [-0.1, -0.05) is 39.7 Å². The molecule has 1 atom stereocenters. The van der Waals surface area contributed by atoms with Gasteiger partial charge in [0.25, 0.3) is 0 Å². The van der Waals surface area contributed by atoms with Crippen LogP contribution in [0.5, 0.6) is 0 Å². The third-order valence-corrected chi connectivity index (χ3v) is 4.39. The van der Waals surface area contributed by atoms with Crippen molar-refractivity contribution < 1.29 is 0 Å². The standard InChI is InChI=1S/C16H17Br2N/c1-10-4-5-11(2)14(8-10)12(3)19-16-9-13(17)6-7-15(16)18/h4-9,12,19H,1-3H3. The predicted molar refractivity (Wildman–Crippen MR) is 89.8 cm³/mol. The van der Waals surface area contributed by atoms with Gasteiger partial charge >= 0.3 is 0 Å². The van der Waals surface area contributed by atoms with Crippen molar-refractivity contribution in [2.24, 2.45) is 0 Å². The van der Waals surface area contributed by atoms with Gasteiger partial charge < -0.3 is 5.32 Å². The summed E-state index contributed by atoms with van der Waals surface area (Å²) in [6, 6.07) is 13.0. The van der Waals surface area contributed by atoms with Gasteiger partial charge in [-0.05, 0) is 66.0 Å². The van der Waals surface area contributed by atoms with Crippen molar-refractivity contribution >= 4 is 37.5 Å². The zero-order valence-electron chi connectivity index (χ0n) is 11.3. The van der Waals surface area contributed by atoms with E-state index in [1.807, 2.05) is 12.1 Å². The Balaban J connectivity index is 2.27. The molecule has 3 heteroatoms. The highest BCUT2D eigenvalue weighted by Gasteiger charge is 2.10. The normalized spacial score (nSPS) is 12.3. The van der Waals surface area contributed by atoms with Gasteiger partial charge in [0, 0.05) is 15.0 Å². The Morgan fingerprint density at radius 1 is 1.00 bits per heavy atom. The van der Waals surface area contributed by atoms with E-state index in [0.29, 0.717) is 0 Å². The quantitative estimate of drug-likeness (QED) is 0.686. The molecule has 0 spiro atoms. The van der Waals surface area contributed by atoms with E-state index < -0.39 is 0 Å². The molecule has 0 aliphatic rings. The summed E-state index contributed by atoms with van der Waals surface area (Å²) in [7, 11) is 0. The van der Waals surface area contributed by atoms with Crippen LogP contribution in [0.2, 0.25) is 0 Å². The van der Waals surface area contributed by atoms with Gasteiger partial charge in [0.05, 0.1) is 5.69 Å². The van der Waals surface area contributed by atoms with Crippen molar-refractivity contribution in [1.29, 1.82) is 0 Å². The maximum atomic E-state index is 3.58. The van der Waals surface area contributed by atoms with Crippen LogP contribution >= 0.6 is 31.9 Å². The van der Waals surface area contributed by atoms with E-state index in [2.05, 4.69) is 82.2 Å². The maximum absolute atomic E-state index is 3.58. The molecule has 0 aliphatic heterocycles. The minimum absolute atomic E-state index is 0.269. The fourth-order valence-electron chi connectivity index (χ4n) is 2.15. The summed E-state index contributed by atoms with van der Waals surface area (Å²) in [4.78, 5) is 0. The van der Waals surface area contributed by atoms with Crippen LogP contribution < -0.4 is 5.32 Å². The highest BCUT2D eigenvalue weighted by Crippen LogP contribution is 2.30. The summed E-state index contributed by atoms with van der Waals surface area (Å²) in [6.45, 7) is 6.47. The second-order valence-electron chi connectivity index (χ2n) is 4.85. The number of aryl methyl sites for hydroxylation is 2. The first-order chi connectivity index (χ1) is 8.97. The van der Waals surface area contributed by atoms with Crippen LogP contribution in [-0.4, -0.2) is 0 Å². The molecular formula is C16H17Br2N. The number of benzene rings is 2. The Hall–Kier alpha value is -0.800. The molecule has 1 N–H and O–H groups in total. The van der Waals surface area contributed by atoms with Crippen LogP contribution in [0.1, 0.15) is 29.7 Å². The Kier molecular flexibility index (Phi) is 4.69. The first kappa shape index (κ1) is 14.6. The van der Waals surface area contributed by atoms with Gasteiger partial charge in [0.15, 0.2) is 0 Å². The van der Waals surface area contributed by atoms with Crippen molar-refractivity contribution in [3.05, 3.63) is 62.0 Å². The second-order valence-corrected chi connectivity index (χ2v) is 6.62. The van der Waals surface area contributed by atoms with Crippen LogP contribution in [0.15, 0.2) is 45.3 Å². The van der Waals surface area contributed by atoms with E-state index in [4.69, 9.17) is 0 Å². The Morgan fingerprint density at radius 2 is 1.74 bits per heavy atom. The van der Waals surface area contributed by atoms with Gasteiger partial charge in [0.2, 0.25) is 0 Å². The lowest BCUT2D eigenvalue weighted by Crippen LogP contribution is -2.09. The zero-order chi connectivity index (χ0) is 14.0. The van der Waals surface area contributed by atoms with E-state index in [1.165, 1.54) is 16.7 Å². The molecule has 19 heavy (non-hydrogen) atoms. The molecule has 0 amide bonds. The average molecular weight is 383 g/mol. The number of hydrogen-bond donors (Lipinski definition) is 1. The lowest BCUT2D eigenvalue weighted by molar-refractivity contribution is 0.871. The Morgan fingerprint density at radius 3 is 2.47 bits per heavy atom. The maximum Gasteiger partial charge on any atom is 0.0500 e. The number of halogens is 2. The van der Waals surface area contributed by atoms with E-state index >= 15 is 0 Å². The van der Waals surface area contributed by atoms with Gasteiger partial charge in [-0.15, -0.1) is 0 Å². The van der Waals surface area contributed by atoms with Crippen LogP contribution in [0, 0.1) is 13.8 Å². The first-order valence-electron chi connectivity index (χ1n) is 6.26. The molecule has 2 rings (SSSR count). The van der Waals surface area contributed by atoms with Crippen molar-refractivity contribution in [3.63, 3.8) is 0 Å². The third-order valence-electron chi connectivity index (χ3n) is 3.20. The fraction of sp³-hybridized carbons (Fsp3) is 0.250. The molecule has 0 bridgehead atoms. The van der Waals surface area contributed by atoms with Gasteiger partial charge in [-0.2, -0.15) is 0 Å². The molecule has 0 saturated heterocycles. The fourth-order valence-corrected chi connectivity index (χ4v) is 2.87. The number of hydrogen-bond acceptors (Lipinski definition) is 1. The van der Waals surface area contributed by atoms with Crippen molar-refractivity contribution in [2.45, 2.75) is 26.8 Å². The second kappa shape index (κ2) is 6.10. The highest BCUT2D eigenvalue weighted by molar-refractivity contribution is 9.11. The van der Waals surface area contributed by atoms with E-state index in [9.17, 15) is 0 Å². The minimum Gasteiger partial charge on any atom is -0.378 e. The summed E-state index contributed by atoms with van der Waals surface area (Å²) >= 11 is 7.09. The molecule has 1 nitrogen and oxygen atoms in total. The van der Waals surface area contributed by atoms with Crippen LogP contribution in [0.25, 0.3) is 0 Å². The molecule has 0 aromatic heterocycles. The van der Waals surface area contributed by atoms with E-state index in [0.717, 1.165) is 14.6 Å². The van der Waals surface area contributed by atoms with Crippen LogP contribution in [-0.2, 0) is 0 Å².